The molecule has 0 spiro atoms. The number of nitrogens with zero attached hydrogens (tertiary/aromatic N) is 3. The van der Waals surface area contributed by atoms with Crippen LogP contribution in [0.5, 0.6) is 11.6 Å². The van der Waals surface area contributed by atoms with Gasteiger partial charge in [0.1, 0.15) is 11.6 Å². The number of benzene rings is 5. The molecular weight excluding hydrogens is 573 g/mol. The third kappa shape index (κ3) is 3.97. The first-order valence-corrected chi connectivity index (χ1v) is 15.7. The predicted molar refractivity (Wildman–Crippen MR) is 187 cm³/mol. The van der Waals surface area contributed by atoms with Crippen molar-refractivity contribution in [3.63, 3.8) is 0 Å². The van der Waals surface area contributed by atoms with E-state index in [9.17, 15) is 0 Å². The van der Waals surface area contributed by atoms with E-state index in [2.05, 4.69) is 82.4 Å². The van der Waals surface area contributed by atoms with E-state index in [0.717, 1.165) is 33.9 Å². The van der Waals surface area contributed by atoms with Crippen molar-refractivity contribution >= 4 is 46.9 Å². The summed E-state index contributed by atoms with van der Waals surface area (Å²) < 4.78 is 24.4. The Morgan fingerprint density at radius 3 is 2.13 bits per heavy atom. The minimum atomic E-state index is -1.54. The number of fused-ring (bicyclic) bond motifs is 9. The molecule has 0 unspecified atom stereocenters. The van der Waals surface area contributed by atoms with Crippen molar-refractivity contribution in [2.45, 2.75) is 20.2 Å². The summed E-state index contributed by atoms with van der Waals surface area (Å²) in [6.45, 7) is 3.71. The molecule has 6 aromatic rings. The molecule has 0 fully saturated rings. The van der Waals surface area contributed by atoms with Gasteiger partial charge in [0.15, 0.2) is 0 Å². The maximum Gasteiger partial charge on any atom is 0.423 e. The van der Waals surface area contributed by atoms with Crippen LogP contribution in [-0.2, 0) is 6.37 Å². The van der Waals surface area contributed by atoms with Crippen LogP contribution in [-0.4, -0.2) is 12.0 Å². The van der Waals surface area contributed by atoms with E-state index < -0.39 is 6.37 Å². The molecule has 0 saturated heterocycles. The minimum absolute atomic E-state index is 0.0874. The van der Waals surface area contributed by atoms with Gasteiger partial charge in [0.25, 0.3) is 0 Å². The fourth-order valence-corrected chi connectivity index (χ4v) is 7.34. The van der Waals surface area contributed by atoms with Crippen molar-refractivity contribution in [2.75, 3.05) is 9.62 Å². The summed E-state index contributed by atoms with van der Waals surface area (Å²) in [7, 11) is 0. The van der Waals surface area contributed by atoms with Gasteiger partial charge in [-0.1, -0.05) is 98.2 Å². The number of anilines is 4. The Labute approximate surface area is 271 Å². The first kappa shape index (κ1) is 24.3. The summed E-state index contributed by atoms with van der Waals surface area (Å²) in [4.78, 5) is 9.99. The quantitative estimate of drug-likeness (QED) is 0.183. The van der Waals surface area contributed by atoms with Crippen LogP contribution < -0.4 is 19.8 Å². The van der Waals surface area contributed by atoms with E-state index in [4.69, 9.17) is 24.1 Å². The molecule has 0 aliphatic carbocycles. The molecule has 3 aliphatic heterocycles. The zero-order valence-corrected chi connectivity index (χ0v) is 25.6. The van der Waals surface area contributed by atoms with Crippen LogP contribution in [0.3, 0.4) is 0 Å². The third-order valence-corrected chi connectivity index (χ3v) is 9.13. The van der Waals surface area contributed by atoms with Crippen LogP contribution in [0.1, 0.15) is 22.2 Å². The maximum atomic E-state index is 8.90. The lowest BCUT2D eigenvalue weighted by molar-refractivity contribution is 0.465. The zero-order chi connectivity index (χ0) is 32.0. The number of hydrogen-bond acceptors (Lipinski definition) is 4. The summed E-state index contributed by atoms with van der Waals surface area (Å²) >= 11 is 6.54. The molecule has 1 aromatic heterocycles. The highest BCUT2D eigenvalue weighted by Gasteiger charge is 2.52. The number of para-hydroxylation sites is 3. The second kappa shape index (κ2) is 10.0. The molecule has 0 amide bonds. The Morgan fingerprint density at radius 1 is 0.689 bits per heavy atom. The second-order valence-corrected chi connectivity index (χ2v) is 12.4. The lowest BCUT2D eigenvalue weighted by Gasteiger charge is -2.40. The van der Waals surface area contributed by atoms with Crippen molar-refractivity contribution < 1.29 is 7.48 Å². The topological polar surface area (TPSA) is 28.6 Å². The van der Waals surface area contributed by atoms with Gasteiger partial charge in [-0.3, -0.25) is 0 Å². The monoisotopic (exact) mass is 603 g/mol. The number of halogens is 1. The van der Waals surface area contributed by atoms with Crippen LogP contribution in [0, 0.1) is 5.92 Å². The van der Waals surface area contributed by atoms with E-state index in [0.29, 0.717) is 22.2 Å². The van der Waals surface area contributed by atoms with Crippen LogP contribution in [0.4, 0.5) is 22.9 Å². The summed E-state index contributed by atoms with van der Waals surface area (Å²) in [6.07, 6.45) is -1.54. The number of hydrogen-bond donors (Lipinski definition) is 0. The molecule has 216 valence electrons. The average Bonchev–Trinajstić information content (AvgIpc) is 3.44. The fourth-order valence-electron chi connectivity index (χ4n) is 7.18. The van der Waals surface area contributed by atoms with Gasteiger partial charge in [0.2, 0.25) is 5.88 Å². The first-order chi connectivity index (χ1) is 22.8. The highest BCUT2D eigenvalue weighted by molar-refractivity contribution is 6.88. The van der Waals surface area contributed by atoms with Gasteiger partial charge >= 0.3 is 6.98 Å². The van der Waals surface area contributed by atoms with E-state index in [1.165, 1.54) is 27.8 Å². The zero-order valence-electron chi connectivity index (χ0n) is 26.8. The standard InChI is InChI=1S/C39H29BClN3O/c1-24(2)22-25-10-3-4-11-27(25)29-19-18-26(41)23-36(29)45-37-21-20-32-31-14-9-13-30-28-12-5-6-15-33(28)43-34-16-7-8-17-35(34)44(39(32)42-37)40(43)38(30)31/h3-21,23-24H,22H2,1-2H3/i22D2. The SMILES string of the molecule is [2H]C([2H])(c1ccccc1-c1ccc(Cl)cc1Oc1ccc2c(n1)N1B3c4c(cccc4-2)-c2ccccc2N3c2ccccc21)C(C)C. The van der Waals surface area contributed by atoms with Crippen molar-refractivity contribution in [1.29, 1.82) is 0 Å². The molecule has 4 nitrogen and oxygen atoms in total. The largest absolute Gasteiger partial charge is 0.438 e. The van der Waals surface area contributed by atoms with Crippen LogP contribution in [0.25, 0.3) is 33.4 Å². The van der Waals surface area contributed by atoms with E-state index >= 15 is 0 Å². The molecule has 4 heterocycles. The molecular formula is C39H29BClN3O. The van der Waals surface area contributed by atoms with Gasteiger partial charge in [0.05, 0.1) is 11.4 Å². The number of rotatable bonds is 5. The summed E-state index contributed by atoms with van der Waals surface area (Å²) in [5, 5.41) is 0.525. The lowest BCUT2D eigenvalue weighted by Crippen LogP contribution is -2.58. The molecule has 0 radical (unpaired) electrons. The lowest BCUT2D eigenvalue weighted by atomic mass is 9.55. The molecule has 0 atom stereocenters. The molecule has 3 aliphatic rings. The van der Waals surface area contributed by atoms with Gasteiger partial charge < -0.3 is 14.4 Å². The van der Waals surface area contributed by atoms with Gasteiger partial charge in [-0.15, -0.1) is 0 Å². The first-order valence-electron chi connectivity index (χ1n) is 16.3. The molecule has 9 rings (SSSR count). The molecule has 5 aromatic carbocycles. The van der Waals surface area contributed by atoms with Gasteiger partial charge in [0, 0.05) is 42.3 Å². The van der Waals surface area contributed by atoms with E-state index in [1.807, 2.05) is 56.3 Å². The summed E-state index contributed by atoms with van der Waals surface area (Å²) in [5.74, 6) is 1.56. The highest BCUT2D eigenvalue weighted by Crippen LogP contribution is 2.55. The predicted octanol–water partition coefficient (Wildman–Crippen LogP) is 10.0. The smallest absolute Gasteiger partial charge is 0.423 e. The maximum absolute atomic E-state index is 8.90. The van der Waals surface area contributed by atoms with Crippen molar-refractivity contribution in [1.82, 2.24) is 4.98 Å². The number of aromatic nitrogens is 1. The summed E-state index contributed by atoms with van der Waals surface area (Å²) in [5.41, 5.74) is 11.5. The van der Waals surface area contributed by atoms with Crippen molar-refractivity contribution in [3.05, 3.63) is 132 Å². The molecule has 45 heavy (non-hydrogen) atoms. The van der Waals surface area contributed by atoms with Gasteiger partial charge in [-0.05, 0) is 76.4 Å². The Balaban J connectivity index is 1.21. The normalized spacial score (nSPS) is 14.4. The molecule has 0 bridgehead atoms. The van der Waals surface area contributed by atoms with Crippen LogP contribution >= 0.6 is 11.6 Å². The third-order valence-electron chi connectivity index (χ3n) is 8.90. The van der Waals surface area contributed by atoms with Gasteiger partial charge in [-0.25, -0.2) is 0 Å². The summed E-state index contributed by atoms with van der Waals surface area (Å²) in [6, 6.07) is 40.8. The Kier molecular flexibility index (Phi) is 5.42. The Hall–Kier alpha value is -5.00. The second-order valence-electron chi connectivity index (χ2n) is 12.0. The van der Waals surface area contributed by atoms with Crippen molar-refractivity contribution in [3.8, 4) is 45.0 Å². The van der Waals surface area contributed by atoms with Gasteiger partial charge in [-0.2, -0.15) is 4.98 Å². The minimum Gasteiger partial charge on any atom is -0.438 e. The van der Waals surface area contributed by atoms with Crippen molar-refractivity contribution in [2.24, 2.45) is 5.92 Å². The Morgan fingerprint density at radius 2 is 1.33 bits per heavy atom. The van der Waals surface area contributed by atoms with E-state index in [1.54, 1.807) is 6.07 Å². The Bertz CT molecular complexity index is 2260. The fraction of sp³-hybridized carbons (Fsp3) is 0.103. The molecule has 6 heteroatoms. The highest BCUT2D eigenvalue weighted by atomic mass is 35.5. The molecule has 0 saturated carbocycles. The average molecular weight is 604 g/mol. The van der Waals surface area contributed by atoms with Crippen LogP contribution in [0.15, 0.2) is 121 Å². The van der Waals surface area contributed by atoms with Crippen LogP contribution in [0.2, 0.25) is 5.02 Å². The number of ether oxygens (including phenoxy) is 1. The molecule has 0 N–H and O–H groups in total. The van der Waals surface area contributed by atoms with E-state index in [-0.39, 0.29) is 12.9 Å². The number of pyridine rings is 1.